The second-order valence-electron chi connectivity index (χ2n) is 5.08. The van der Waals surface area contributed by atoms with Crippen LogP contribution in [0.1, 0.15) is 32.3 Å². The van der Waals surface area contributed by atoms with Crippen molar-refractivity contribution in [3.8, 4) is 0 Å². The van der Waals surface area contributed by atoms with E-state index < -0.39 is 23.2 Å². The van der Waals surface area contributed by atoms with Gasteiger partial charge in [-0.1, -0.05) is 19.9 Å². The van der Waals surface area contributed by atoms with Crippen LogP contribution < -0.4 is 10.6 Å². The Kier molecular flexibility index (Phi) is 5.69. The number of carboxylic acids is 1. The second kappa shape index (κ2) is 7.06. The average Bonchev–Trinajstić information content (AvgIpc) is 2.43. The number of aryl methyl sites for hydroxylation is 1. The molecule has 0 bridgehead atoms. The predicted octanol–water partition coefficient (Wildman–Crippen LogP) is 3.15. The Morgan fingerprint density at radius 3 is 2.38 bits per heavy atom. The largest absolute Gasteiger partial charge is 0.481 e. The molecule has 0 radical (unpaired) electrons. The van der Waals surface area contributed by atoms with Crippen LogP contribution >= 0.6 is 0 Å². The molecule has 0 aliphatic rings. The molecule has 3 N–H and O–H groups in total. The number of nitrogens with one attached hydrogen (secondary N) is 2. The van der Waals surface area contributed by atoms with Crippen LogP contribution in [0.5, 0.6) is 0 Å². The van der Waals surface area contributed by atoms with E-state index in [0.717, 1.165) is 5.56 Å². The highest BCUT2D eigenvalue weighted by Crippen LogP contribution is 2.25. The number of carbonyl (C=O) groups is 2. The smallest absolute Gasteiger partial charge is 0.319 e. The van der Waals surface area contributed by atoms with Gasteiger partial charge in [-0.05, 0) is 37.5 Å². The summed E-state index contributed by atoms with van der Waals surface area (Å²) in [5.74, 6) is -1.48. The maximum atomic E-state index is 13.6. The SMILES string of the molecule is CCC(CC)(CNC(=O)Nc1ccc(C)cc1F)C(=O)O. The fraction of sp³-hybridized carbons (Fsp3) is 0.467. The Morgan fingerprint density at radius 1 is 1.29 bits per heavy atom. The summed E-state index contributed by atoms with van der Waals surface area (Å²) in [4.78, 5) is 23.1. The van der Waals surface area contributed by atoms with Crippen LogP contribution in [0.2, 0.25) is 0 Å². The molecule has 0 heterocycles. The quantitative estimate of drug-likeness (QED) is 0.754. The van der Waals surface area contributed by atoms with Gasteiger partial charge in [-0.3, -0.25) is 4.79 Å². The molecule has 0 saturated heterocycles. The van der Waals surface area contributed by atoms with Crippen LogP contribution in [0.25, 0.3) is 0 Å². The van der Waals surface area contributed by atoms with Crippen LogP contribution in [0.4, 0.5) is 14.9 Å². The van der Waals surface area contributed by atoms with Crippen molar-refractivity contribution in [3.05, 3.63) is 29.6 Å². The van der Waals surface area contributed by atoms with Crippen LogP contribution in [0, 0.1) is 18.2 Å². The highest BCUT2D eigenvalue weighted by Gasteiger charge is 2.35. The van der Waals surface area contributed by atoms with Crippen molar-refractivity contribution < 1.29 is 19.1 Å². The molecule has 1 rings (SSSR count). The average molecular weight is 296 g/mol. The molecule has 0 atom stereocenters. The van der Waals surface area contributed by atoms with E-state index >= 15 is 0 Å². The Morgan fingerprint density at radius 2 is 1.90 bits per heavy atom. The normalized spacial score (nSPS) is 11.0. The summed E-state index contributed by atoms with van der Waals surface area (Å²) in [5, 5.41) is 14.1. The molecule has 0 saturated carbocycles. The molecular weight excluding hydrogens is 275 g/mol. The fourth-order valence-corrected chi connectivity index (χ4v) is 2.02. The second-order valence-corrected chi connectivity index (χ2v) is 5.08. The first-order chi connectivity index (χ1) is 9.84. The number of hydrogen-bond acceptors (Lipinski definition) is 2. The molecule has 0 spiro atoms. The minimum Gasteiger partial charge on any atom is -0.481 e. The molecule has 5 nitrogen and oxygen atoms in total. The van der Waals surface area contributed by atoms with Crippen molar-refractivity contribution in [1.29, 1.82) is 0 Å². The van der Waals surface area contributed by atoms with E-state index in [-0.39, 0.29) is 12.2 Å². The number of carboxylic acid groups (broad SMARTS) is 1. The monoisotopic (exact) mass is 296 g/mol. The molecule has 2 amide bonds. The summed E-state index contributed by atoms with van der Waals surface area (Å²) < 4.78 is 13.6. The van der Waals surface area contributed by atoms with Gasteiger partial charge in [-0.15, -0.1) is 0 Å². The van der Waals surface area contributed by atoms with Crippen LogP contribution in [0.3, 0.4) is 0 Å². The van der Waals surface area contributed by atoms with Crippen molar-refractivity contribution in [1.82, 2.24) is 5.32 Å². The number of carbonyl (C=O) groups excluding carboxylic acids is 1. The first-order valence-corrected chi connectivity index (χ1v) is 6.89. The summed E-state index contributed by atoms with van der Waals surface area (Å²) in [6, 6.07) is 3.84. The number of benzene rings is 1. The molecule has 0 aliphatic heterocycles. The Labute approximate surface area is 123 Å². The summed E-state index contributed by atoms with van der Waals surface area (Å²) in [5.41, 5.74) is -0.185. The van der Waals surface area contributed by atoms with Crippen molar-refractivity contribution in [3.63, 3.8) is 0 Å². The number of urea groups is 1. The zero-order valence-electron chi connectivity index (χ0n) is 12.5. The zero-order valence-corrected chi connectivity index (χ0v) is 12.5. The summed E-state index contributed by atoms with van der Waals surface area (Å²) in [6.07, 6.45) is 0.802. The number of amides is 2. The lowest BCUT2D eigenvalue weighted by molar-refractivity contribution is -0.149. The van der Waals surface area contributed by atoms with Gasteiger partial charge in [0.1, 0.15) is 5.82 Å². The molecule has 1 aromatic rings. The van der Waals surface area contributed by atoms with E-state index in [9.17, 15) is 19.1 Å². The summed E-state index contributed by atoms with van der Waals surface area (Å²) >= 11 is 0. The lowest BCUT2D eigenvalue weighted by Gasteiger charge is -2.26. The minimum absolute atomic E-state index is 0.00531. The number of hydrogen-bond donors (Lipinski definition) is 3. The van der Waals surface area contributed by atoms with E-state index in [2.05, 4.69) is 10.6 Å². The summed E-state index contributed by atoms with van der Waals surface area (Å²) in [7, 11) is 0. The van der Waals surface area contributed by atoms with E-state index in [4.69, 9.17) is 0 Å². The highest BCUT2D eigenvalue weighted by molar-refractivity contribution is 5.89. The van der Waals surface area contributed by atoms with Gasteiger partial charge in [0.25, 0.3) is 0 Å². The fourth-order valence-electron chi connectivity index (χ4n) is 2.02. The van der Waals surface area contributed by atoms with Gasteiger partial charge in [0, 0.05) is 6.54 Å². The first kappa shape index (κ1) is 16.9. The third-order valence-corrected chi connectivity index (χ3v) is 3.77. The molecule has 6 heteroatoms. The Hall–Kier alpha value is -2.11. The number of aliphatic carboxylic acids is 1. The van der Waals surface area contributed by atoms with Gasteiger partial charge in [0.15, 0.2) is 0 Å². The maximum Gasteiger partial charge on any atom is 0.319 e. The van der Waals surface area contributed by atoms with Crippen LogP contribution in [-0.2, 0) is 4.79 Å². The molecule has 0 unspecified atom stereocenters. The van der Waals surface area contributed by atoms with Gasteiger partial charge < -0.3 is 15.7 Å². The zero-order chi connectivity index (χ0) is 16.0. The molecule has 0 fully saturated rings. The van der Waals surface area contributed by atoms with Gasteiger partial charge in [-0.25, -0.2) is 9.18 Å². The molecule has 21 heavy (non-hydrogen) atoms. The van der Waals surface area contributed by atoms with Crippen LogP contribution in [-0.4, -0.2) is 23.7 Å². The van der Waals surface area contributed by atoms with E-state index in [1.165, 1.54) is 12.1 Å². The lowest BCUT2D eigenvalue weighted by Crippen LogP contribution is -2.43. The number of anilines is 1. The van der Waals surface area contributed by atoms with Gasteiger partial charge in [-0.2, -0.15) is 0 Å². The maximum absolute atomic E-state index is 13.6. The lowest BCUT2D eigenvalue weighted by atomic mass is 9.82. The van der Waals surface area contributed by atoms with E-state index in [0.29, 0.717) is 12.8 Å². The third kappa shape index (κ3) is 4.18. The van der Waals surface area contributed by atoms with Crippen molar-refractivity contribution in [2.75, 3.05) is 11.9 Å². The number of halogens is 1. The number of rotatable bonds is 6. The highest BCUT2D eigenvalue weighted by atomic mass is 19.1. The predicted molar refractivity (Wildman–Crippen MR) is 78.8 cm³/mol. The molecular formula is C15H21FN2O3. The molecule has 0 aromatic heterocycles. The third-order valence-electron chi connectivity index (χ3n) is 3.77. The van der Waals surface area contributed by atoms with Crippen molar-refractivity contribution >= 4 is 17.7 Å². The van der Waals surface area contributed by atoms with E-state index in [1.54, 1.807) is 26.8 Å². The standard InChI is InChI=1S/C15H21FN2O3/c1-4-15(5-2,13(19)20)9-17-14(21)18-12-7-6-10(3)8-11(12)16/h6-8H,4-5,9H2,1-3H3,(H,19,20)(H2,17,18,21). The minimum atomic E-state index is -0.997. The summed E-state index contributed by atoms with van der Waals surface area (Å²) in [6.45, 7) is 5.26. The molecule has 116 valence electrons. The van der Waals surface area contributed by atoms with Crippen molar-refractivity contribution in [2.45, 2.75) is 33.6 Å². The Balaban J connectivity index is 2.67. The van der Waals surface area contributed by atoms with Gasteiger partial charge >= 0.3 is 12.0 Å². The van der Waals surface area contributed by atoms with E-state index in [1.807, 2.05) is 0 Å². The van der Waals surface area contributed by atoms with Crippen LogP contribution in [0.15, 0.2) is 18.2 Å². The molecule has 0 aliphatic carbocycles. The topological polar surface area (TPSA) is 78.4 Å². The molecule has 1 aromatic carbocycles. The first-order valence-electron chi connectivity index (χ1n) is 6.89. The van der Waals surface area contributed by atoms with Crippen molar-refractivity contribution in [2.24, 2.45) is 5.41 Å². The Bertz CT molecular complexity index is 528. The van der Waals surface area contributed by atoms with Gasteiger partial charge in [0.2, 0.25) is 0 Å². The van der Waals surface area contributed by atoms with Gasteiger partial charge in [0.05, 0.1) is 11.1 Å².